The zero-order valence-corrected chi connectivity index (χ0v) is 13.4. The molecule has 0 unspecified atom stereocenters. The van der Waals surface area contributed by atoms with E-state index in [4.69, 9.17) is 0 Å². The SMILES string of the molecule is O=C1NC2=C(C=CCC2)S/C1=C1/SC2=C(CCC=C2)NC1=O. The van der Waals surface area contributed by atoms with E-state index >= 15 is 0 Å². The van der Waals surface area contributed by atoms with Gasteiger partial charge in [0, 0.05) is 21.2 Å². The molecule has 0 fully saturated rings. The first-order chi connectivity index (χ1) is 10.7. The molecule has 2 heterocycles. The smallest absolute Gasteiger partial charge is 0.263 e. The summed E-state index contributed by atoms with van der Waals surface area (Å²) in [6, 6.07) is 0. The molecule has 22 heavy (non-hydrogen) atoms. The van der Waals surface area contributed by atoms with Crippen LogP contribution in [0, 0.1) is 0 Å². The Morgan fingerprint density at radius 3 is 1.68 bits per heavy atom. The van der Waals surface area contributed by atoms with Crippen molar-refractivity contribution in [2.75, 3.05) is 0 Å². The third-order valence-electron chi connectivity index (χ3n) is 3.83. The van der Waals surface area contributed by atoms with Crippen LogP contribution in [0.4, 0.5) is 0 Å². The number of thioether (sulfide) groups is 2. The Morgan fingerprint density at radius 2 is 1.23 bits per heavy atom. The van der Waals surface area contributed by atoms with Gasteiger partial charge in [-0.25, -0.2) is 0 Å². The molecule has 0 spiro atoms. The lowest BCUT2D eigenvalue weighted by Crippen LogP contribution is -2.34. The van der Waals surface area contributed by atoms with Crippen LogP contribution in [-0.4, -0.2) is 11.8 Å². The molecule has 6 heteroatoms. The number of carbonyl (C=O) groups is 2. The summed E-state index contributed by atoms with van der Waals surface area (Å²) >= 11 is 2.81. The molecule has 0 aromatic rings. The third-order valence-corrected chi connectivity index (χ3v) is 6.35. The fraction of sp³-hybridized carbons (Fsp3) is 0.250. The molecule has 4 nitrogen and oxygen atoms in total. The predicted molar refractivity (Wildman–Crippen MR) is 89.3 cm³/mol. The Hall–Kier alpha value is -1.66. The van der Waals surface area contributed by atoms with Gasteiger partial charge in [-0.3, -0.25) is 9.59 Å². The van der Waals surface area contributed by atoms with Crippen molar-refractivity contribution in [3.05, 3.63) is 55.3 Å². The summed E-state index contributed by atoms with van der Waals surface area (Å²) in [6.45, 7) is 0. The molecular formula is C16H14N2O2S2. The van der Waals surface area contributed by atoms with E-state index in [2.05, 4.69) is 22.8 Å². The van der Waals surface area contributed by atoms with Gasteiger partial charge in [-0.05, 0) is 25.7 Å². The van der Waals surface area contributed by atoms with Gasteiger partial charge in [0.15, 0.2) is 0 Å². The van der Waals surface area contributed by atoms with Gasteiger partial charge in [0.25, 0.3) is 11.8 Å². The second kappa shape index (κ2) is 5.52. The quantitative estimate of drug-likeness (QED) is 0.670. The molecule has 2 amide bonds. The van der Waals surface area contributed by atoms with Crippen molar-refractivity contribution >= 4 is 35.3 Å². The number of hydrogen-bond acceptors (Lipinski definition) is 4. The normalized spacial score (nSPS) is 27.5. The highest BCUT2D eigenvalue weighted by Crippen LogP contribution is 2.44. The average molecular weight is 330 g/mol. The van der Waals surface area contributed by atoms with Crippen LogP contribution < -0.4 is 10.6 Å². The van der Waals surface area contributed by atoms with Crippen molar-refractivity contribution in [3.63, 3.8) is 0 Å². The fourth-order valence-corrected chi connectivity index (χ4v) is 4.95. The number of carbonyl (C=O) groups excluding carboxylic acids is 2. The minimum atomic E-state index is -0.166. The summed E-state index contributed by atoms with van der Waals surface area (Å²) in [7, 11) is 0. The van der Waals surface area contributed by atoms with Crippen molar-refractivity contribution in [2.45, 2.75) is 25.7 Å². The highest BCUT2D eigenvalue weighted by Gasteiger charge is 2.32. The number of hydrogen-bond donors (Lipinski definition) is 2. The zero-order chi connectivity index (χ0) is 15.1. The van der Waals surface area contributed by atoms with E-state index in [0.29, 0.717) is 9.81 Å². The van der Waals surface area contributed by atoms with Crippen LogP contribution >= 0.6 is 23.5 Å². The second-order valence-corrected chi connectivity index (χ2v) is 7.44. The maximum atomic E-state index is 12.4. The Morgan fingerprint density at radius 1 is 0.773 bits per heavy atom. The highest BCUT2D eigenvalue weighted by molar-refractivity contribution is 8.11. The first kappa shape index (κ1) is 14.0. The monoisotopic (exact) mass is 330 g/mol. The third kappa shape index (κ3) is 2.36. The van der Waals surface area contributed by atoms with Crippen LogP contribution in [0.3, 0.4) is 0 Å². The van der Waals surface area contributed by atoms with Gasteiger partial charge in [0.05, 0.1) is 9.81 Å². The largest absolute Gasteiger partial charge is 0.324 e. The molecule has 4 aliphatic rings. The van der Waals surface area contributed by atoms with Crippen LogP contribution in [0.2, 0.25) is 0 Å². The molecule has 0 atom stereocenters. The van der Waals surface area contributed by atoms with Crippen LogP contribution in [-0.2, 0) is 9.59 Å². The minimum Gasteiger partial charge on any atom is -0.324 e. The molecule has 4 rings (SSSR count). The summed E-state index contributed by atoms with van der Waals surface area (Å²) in [4.78, 5) is 27.8. The minimum absolute atomic E-state index is 0.166. The Labute approximate surface area is 136 Å². The van der Waals surface area contributed by atoms with Crippen molar-refractivity contribution in [2.24, 2.45) is 0 Å². The maximum absolute atomic E-state index is 12.4. The summed E-state index contributed by atoms with van der Waals surface area (Å²) < 4.78 is 0. The molecule has 0 aromatic carbocycles. The van der Waals surface area contributed by atoms with Crippen molar-refractivity contribution in [3.8, 4) is 0 Å². The van der Waals surface area contributed by atoms with Crippen LogP contribution in [0.5, 0.6) is 0 Å². The van der Waals surface area contributed by atoms with E-state index in [1.54, 1.807) is 0 Å². The van der Waals surface area contributed by atoms with E-state index < -0.39 is 0 Å². The molecule has 2 N–H and O–H groups in total. The molecule has 0 saturated carbocycles. The van der Waals surface area contributed by atoms with Crippen LogP contribution in [0.1, 0.15) is 25.7 Å². The van der Waals surface area contributed by atoms with Gasteiger partial charge in [-0.15, -0.1) is 0 Å². The average Bonchev–Trinajstić information content (AvgIpc) is 2.54. The molecule has 0 radical (unpaired) electrons. The van der Waals surface area contributed by atoms with Gasteiger partial charge >= 0.3 is 0 Å². The summed E-state index contributed by atoms with van der Waals surface area (Å²) in [5.74, 6) is -0.332. The number of nitrogens with one attached hydrogen (secondary N) is 2. The Kier molecular flexibility index (Phi) is 3.50. The molecule has 0 aromatic heterocycles. The first-order valence-electron chi connectivity index (χ1n) is 7.24. The van der Waals surface area contributed by atoms with E-state index in [1.165, 1.54) is 23.5 Å². The second-order valence-electron chi connectivity index (χ2n) is 5.34. The number of allylic oxidation sites excluding steroid dienone is 6. The molecule has 2 aliphatic carbocycles. The van der Waals surface area contributed by atoms with E-state index in [1.807, 2.05) is 12.2 Å². The number of rotatable bonds is 0. The highest BCUT2D eigenvalue weighted by atomic mass is 32.2. The Bertz CT molecular complexity index is 679. The lowest BCUT2D eigenvalue weighted by Gasteiger charge is -2.27. The molecule has 112 valence electrons. The fourth-order valence-electron chi connectivity index (χ4n) is 2.72. The van der Waals surface area contributed by atoms with E-state index in [-0.39, 0.29) is 11.8 Å². The van der Waals surface area contributed by atoms with Gasteiger partial charge in [-0.1, -0.05) is 47.8 Å². The van der Waals surface area contributed by atoms with Crippen molar-refractivity contribution < 1.29 is 9.59 Å². The van der Waals surface area contributed by atoms with Gasteiger partial charge in [0.2, 0.25) is 0 Å². The lowest BCUT2D eigenvalue weighted by molar-refractivity contribution is -0.118. The Balaban J connectivity index is 1.72. The van der Waals surface area contributed by atoms with Gasteiger partial charge in [-0.2, -0.15) is 0 Å². The lowest BCUT2D eigenvalue weighted by atomic mass is 10.1. The van der Waals surface area contributed by atoms with Crippen molar-refractivity contribution in [1.29, 1.82) is 0 Å². The van der Waals surface area contributed by atoms with Crippen LogP contribution in [0.25, 0.3) is 0 Å². The number of amides is 2. The predicted octanol–water partition coefficient (Wildman–Crippen LogP) is 3.05. The van der Waals surface area contributed by atoms with Gasteiger partial charge in [0.1, 0.15) is 0 Å². The topological polar surface area (TPSA) is 58.2 Å². The summed E-state index contributed by atoms with van der Waals surface area (Å²) in [5.41, 5.74) is 1.95. The van der Waals surface area contributed by atoms with Crippen molar-refractivity contribution in [1.82, 2.24) is 10.6 Å². The summed E-state index contributed by atoms with van der Waals surface area (Å²) in [6.07, 6.45) is 11.9. The molecular weight excluding hydrogens is 316 g/mol. The molecule has 0 saturated heterocycles. The van der Waals surface area contributed by atoms with Crippen LogP contribution in [0.15, 0.2) is 55.3 Å². The zero-order valence-electron chi connectivity index (χ0n) is 11.8. The summed E-state index contributed by atoms with van der Waals surface area (Å²) in [5, 5.41) is 5.88. The standard InChI is InChI=1S/C16H14N2O2S2/c19-15-13(21-11-7-3-1-5-9(11)17-15)14-16(20)18-10-6-2-4-8-12(10)22-14/h3-4,7-8H,1-2,5-6H2,(H,17,19)(H,18,20)/b14-13+. The molecule has 2 aliphatic heterocycles. The van der Waals surface area contributed by atoms with E-state index in [9.17, 15) is 9.59 Å². The molecule has 0 bridgehead atoms. The first-order valence-corrected chi connectivity index (χ1v) is 8.88. The maximum Gasteiger partial charge on any atom is 0.263 e. The van der Waals surface area contributed by atoms with Gasteiger partial charge < -0.3 is 10.6 Å². The van der Waals surface area contributed by atoms with E-state index in [0.717, 1.165) is 46.9 Å².